The van der Waals surface area contributed by atoms with Gasteiger partial charge in [0.05, 0.1) is 10.6 Å². The topological polar surface area (TPSA) is 104 Å². The number of aromatic hydroxyl groups is 1. The first-order valence-corrected chi connectivity index (χ1v) is 8.43. The Labute approximate surface area is 113 Å². The van der Waals surface area contributed by atoms with Crippen molar-refractivity contribution in [3.8, 4) is 5.75 Å². The van der Waals surface area contributed by atoms with Crippen molar-refractivity contribution in [2.75, 3.05) is 26.4 Å². The number of sulfonamides is 2. The normalized spacial score (nSPS) is 12.8. The highest BCUT2D eigenvalue weighted by Crippen LogP contribution is 2.13. The summed E-state index contributed by atoms with van der Waals surface area (Å²) < 4.78 is 49.7. The van der Waals surface area contributed by atoms with Gasteiger partial charge in [0.25, 0.3) is 0 Å². The molecule has 0 spiro atoms. The molecule has 0 amide bonds. The average molecular weight is 308 g/mol. The van der Waals surface area contributed by atoms with Gasteiger partial charge in [-0.25, -0.2) is 25.9 Å². The van der Waals surface area contributed by atoms with Crippen LogP contribution in [0.2, 0.25) is 0 Å². The third kappa shape index (κ3) is 4.46. The van der Waals surface area contributed by atoms with Crippen molar-refractivity contribution in [1.82, 2.24) is 9.03 Å². The van der Waals surface area contributed by atoms with E-state index in [1.54, 1.807) is 0 Å². The van der Waals surface area contributed by atoms with Gasteiger partial charge in [0, 0.05) is 20.6 Å². The monoisotopic (exact) mass is 308 g/mol. The maximum atomic E-state index is 11.8. The van der Waals surface area contributed by atoms with Crippen LogP contribution in [0.3, 0.4) is 0 Å². The molecule has 1 rings (SSSR count). The minimum absolute atomic E-state index is 0.0347. The maximum Gasteiger partial charge on any atom is 0.240 e. The molecule has 0 aromatic heterocycles. The summed E-state index contributed by atoms with van der Waals surface area (Å²) in [6.45, 7) is -0.219. The van der Waals surface area contributed by atoms with E-state index in [-0.39, 0.29) is 22.9 Å². The van der Waals surface area contributed by atoms with Crippen LogP contribution in [0.1, 0.15) is 0 Å². The van der Waals surface area contributed by atoms with Crippen molar-refractivity contribution in [1.29, 1.82) is 0 Å². The highest BCUT2D eigenvalue weighted by atomic mass is 32.2. The Morgan fingerprint density at radius 3 is 2.11 bits per heavy atom. The van der Waals surface area contributed by atoms with Gasteiger partial charge in [-0.05, 0) is 24.3 Å². The van der Waals surface area contributed by atoms with Gasteiger partial charge in [-0.15, -0.1) is 0 Å². The molecule has 0 unspecified atom stereocenters. The second kappa shape index (κ2) is 5.87. The van der Waals surface area contributed by atoms with Crippen molar-refractivity contribution in [3.63, 3.8) is 0 Å². The van der Waals surface area contributed by atoms with E-state index in [1.807, 2.05) is 0 Å². The SMILES string of the molecule is CN(C)S(=O)(=O)CCNS(=O)(=O)c1ccc(O)cc1. The Morgan fingerprint density at radius 2 is 1.63 bits per heavy atom. The fraction of sp³-hybridized carbons (Fsp3) is 0.400. The van der Waals surface area contributed by atoms with Crippen molar-refractivity contribution in [2.24, 2.45) is 0 Å². The zero-order valence-corrected chi connectivity index (χ0v) is 12.2. The van der Waals surface area contributed by atoms with E-state index in [0.717, 1.165) is 4.31 Å². The Balaban J connectivity index is 2.70. The number of benzene rings is 1. The van der Waals surface area contributed by atoms with Gasteiger partial charge in [-0.1, -0.05) is 0 Å². The minimum atomic E-state index is -3.77. The number of phenols is 1. The average Bonchev–Trinajstić information content (AvgIpc) is 2.28. The van der Waals surface area contributed by atoms with Crippen LogP contribution >= 0.6 is 0 Å². The van der Waals surface area contributed by atoms with Gasteiger partial charge in [0.1, 0.15) is 5.75 Å². The first-order valence-electron chi connectivity index (χ1n) is 5.34. The molecule has 0 saturated heterocycles. The van der Waals surface area contributed by atoms with Gasteiger partial charge < -0.3 is 5.11 Å². The van der Waals surface area contributed by atoms with Gasteiger partial charge in [-0.2, -0.15) is 0 Å². The lowest BCUT2D eigenvalue weighted by molar-refractivity contribution is 0.474. The Kier molecular flexibility index (Phi) is 4.91. The van der Waals surface area contributed by atoms with Crippen molar-refractivity contribution in [2.45, 2.75) is 4.90 Å². The number of nitrogens with one attached hydrogen (secondary N) is 1. The molecule has 19 heavy (non-hydrogen) atoms. The van der Waals surface area contributed by atoms with Crippen LogP contribution in [0.4, 0.5) is 0 Å². The molecule has 0 saturated carbocycles. The lowest BCUT2D eigenvalue weighted by atomic mass is 10.3. The maximum absolute atomic E-state index is 11.8. The fourth-order valence-electron chi connectivity index (χ4n) is 1.20. The summed E-state index contributed by atoms with van der Waals surface area (Å²) in [5.41, 5.74) is 0. The first kappa shape index (κ1) is 15.9. The van der Waals surface area contributed by atoms with Crippen LogP contribution in [-0.2, 0) is 20.0 Å². The van der Waals surface area contributed by atoms with Gasteiger partial charge in [0.2, 0.25) is 20.0 Å². The van der Waals surface area contributed by atoms with Crippen LogP contribution in [0, 0.1) is 0 Å². The standard InChI is InChI=1S/C10H16N2O5S2/c1-12(2)18(14,15)8-7-11-19(16,17)10-5-3-9(13)4-6-10/h3-6,11,13H,7-8H2,1-2H3. The molecule has 108 valence electrons. The number of hydrogen-bond acceptors (Lipinski definition) is 5. The molecule has 1 aromatic carbocycles. The number of phenolic OH excluding ortho intramolecular Hbond substituents is 1. The molecule has 0 radical (unpaired) electrons. The highest BCUT2D eigenvalue weighted by Gasteiger charge is 2.17. The van der Waals surface area contributed by atoms with Crippen LogP contribution < -0.4 is 4.72 Å². The molecule has 0 aliphatic rings. The number of hydrogen-bond donors (Lipinski definition) is 2. The summed E-state index contributed by atoms with van der Waals surface area (Å²) in [5.74, 6) is -0.369. The Morgan fingerprint density at radius 1 is 1.11 bits per heavy atom. The van der Waals surface area contributed by atoms with Gasteiger partial charge in [0.15, 0.2) is 0 Å². The second-order valence-electron chi connectivity index (χ2n) is 3.99. The summed E-state index contributed by atoms with van der Waals surface area (Å²) in [6, 6.07) is 4.95. The molecule has 0 aliphatic heterocycles. The van der Waals surface area contributed by atoms with E-state index < -0.39 is 20.0 Å². The molecular weight excluding hydrogens is 292 g/mol. The molecule has 1 aromatic rings. The zero-order valence-electron chi connectivity index (χ0n) is 10.6. The van der Waals surface area contributed by atoms with E-state index in [0.29, 0.717) is 0 Å². The second-order valence-corrected chi connectivity index (χ2v) is 8.06. The van der Waals surface area contributed by atoms with Crippen LogP contribution in [0.5, 0.6) is 5.75 Å². The summed E-state index contributed by atoms with van der Waals surface area (Å²) in [4.78, 5) is -0.0347. The zero-order chi connectivity index (χ0) is 14.7. The molecule has 9 heteroatoms. The largest absolute Gasteiger partial charge is 0.508 e. The summed E-state index contributed by atoms with van der Waals surface area (Å²) in [5, 5.41) is 9.07. The predicted octanol–water partition coefficient (Wildman–Crippen LogP) is -0.438. The first-order chi connectivity index (χ1) is 8.65. The summed E-state index contributed by atoms with van der Waals surface area (Å²) in [7, 11) is -4.45. The number of rotatable bonds is 6. The molecule has 2 N–H and O–H groups in total. The number of nitrogens with zero attached hydrogens (tertiary/aromatic N) is 1. The van der Waals surface area contributed by atoms with E-state index in [1.165, 1.54) is 38.4 Å². The molecule has 0 aliphatic carbocycles. The van der Waals surface area contributed by atoms with Gasteiger partial charge in [-0.3, -0.25) is 0 Å². The quantitative estimate of drug-likeness (QED) is 0.741. The Hall–Kier alpha value is -1.16. The van der Waals surface area contributed by atoms with E-state index in [2.05, 4.69) is 4.72 Å². The highest BCUT2D eigenvalue weighted by molar-refractivity contribution is 7.90. The summed E-state index contributed by atoms with van der Waals surface area (Å²) >= 11 is 0. The third-order valence-corrected chi connectivity index (χ3v) is 5.67. The molecule has 0 heterocycles. The fourth-order valence-corrected chi connectivity index (χ4v) is 3.08. The predicted molar refractivity (Wildman–Crippen MR) is 70.8 cm³/mol. The third-order valence-electron chi connectivity index (χ3n) is 2.36. The minimum Gasteiger partial charge on any atom is -0.508 e. The van der Waals surface area contributed by atoms with Crippen molar-refractivity contribution in [3.05, 3.63) is 24.3 Å². The van der Waals surface area contributed by atoms with Crippen LogP contribution in [0.25, 0.3) is 0 Å². The lowest BCUT2D eigenvalue weighted by Gasteiger charge is -2.11. The molecule has 0 bridgehead atoms. The van der Waals surface area contributed by atoms with Crippen molar-refractivity contribution >= 4 is 20.0 Å². The lowest BCUT2D eigenvalue weighted by Crippen LogP contribution is -2.33. The Bertz CT molecular complexity index is 620. The molecule has 0 fully saturated rings. The van der Waals surface area contributed by atoms with E-state index in [4.69, 9.17) is 5.11 Å². The van der Waals surface area contributed by atoms with E-state index in [9.17, 15) is 16.8 Å². The summed E-state index contributed by atoms with van der Waals surface area (Å²) in [6.07, 6.45) is 0. The van der Waals surface area contributed by atoms with Crippen LogP contribution in [-0.4, -0.2) is 52.6 Å². The molecule has 7 nitrogen and oxygen atoms in total. The van der Waals surface area contributed by atoms with Crippen LogP contribution in [0.15, 0.2) is 29.2 Å². The van der Waals surface area contributed by atoms with Gasteiger partial charge >= 0.3 is 0 Å². The molecule has 0 atom stereocenters. The van der Waals surface area contributed by atoms with E-state index >= 15 is 0 Å². The smallest absolute Gasteiger partial charge is 0.240 e. The molecular formula is C10H16N2O5S2. The van der Waals surface area contributed by atoms with Crippen molar-refractivity contribution < 1.29 is 21.9 Å².